The fourth-order valence-corrected chi connectivity index (χ4v) is 4.19. The number of nitrogens with one attached hydrogen (secondary N) is 3. The Hall–Kier alpha value is -3.76. The van der Waals surface area contributed by atoms with Crippen LogP contribution in [0.2, 0.25) is 0 Å². The van der Waals surface area contributed by atoms with E-state index in [1.165, 1.54) is 18.2 Å². The molecule has 0 aliphatic carbocycles. The average Bonchev–Trinajstić information content (AvgIpc) is 2.74. The minimum atomic E-state index is -1.07. The fraction of sp³-hybridized carbons (Fsp3) is 0.429. The second-order valence-electron chi connectivity index (χ2n) is 8.40. The molecule has 1 aromatic carbocycles. The molecular weight excluding hydrogens is 416 g/mol. The van der Waals surface area contributed by atoms with Crippen LogP contribution in [0.25, 0.3) is 0 Å². The predicted molar refractivity (Wildman–Crippen MR) is 118 cm³/mol. The molecule has 1 fully saturated rings. The SMILES string of the molecule is Cc1ccc([N+](=O)[O-])cc1NC(=O)[C@H]1CC(=O)Nc2nc(N3CCC[C@H](C)C3)[nH]c(=O)c21. The van der Waals surface area contributed by atoms with Crippen LogP contribution in [0, 0.1) is 23.0 Å². The van der Waals surface area contributed by atoms with Crippen LogP contribution in [-0.2, 0) is 9.59 Å². The molecule has 32 heavy (non-hydrogen) atoms. The van der Waals surface area contributed by atoms with Gasteiger partial charge in [0.2, 0.25) is 17.8 Å². The van der Waals surface area contributed by atoms with Gasteiger partial charge in [0.15, 0.2) is 0 Å². The third-order valence-corrected chi connectivity index (χ3v) is 5.90. The number of hydrogen-bond donors (Lipinski definition) is 3. The monoisotopic (exact) mass is 440 g/mol. The number of aromatic amines is 1. The Morgan fingerprint density at radius 2 is 2.12 bits per heavy atom. The van der Waals surface area contributed by atoms with Crippen molar-refractivity contribution in [3.05, 3.63) is 49.8 Å². The third-order valence-electron chi connectivity index (χ3n) is 5.90. The maximum absolute atomic E-state index is 13.0. The van der Waals surface area contributed by atoms with Crippen molar-refractivity contribution < 1.29 is 14.5 Å². The average molecular weight is 440 g/mol. The summed E-state index contributed by atoms with van der Waals surface area (Å²) in [6.45, 7) is 5.31. The molecule has 0 unspecified atom stereocenters. The number of carbonyl (C=O) groups is 2. The largest absolute Gasteiger partial charge is 0.342 e. The summed E-state index contributed by atoms with van der Waals surface area (Å²) in [7, 11) is 0. The van der Waals surface area contributed by atoms with Crippen molar-refractivity contribution in [3.63, 3.8) is 0 Å². The topological polar surface area (TPSA) is 150 Å². The van der Waals surface area contributed by atoms with Crippen LogP contribution < -0.4 is 21.1 Å². The minimum absolute atomic E-state index is 0.0779. The van der Waals surface area contributed by atoms with E-state index >= 15 is 0 Å². The molecule has 2 atom stereocenters. The van der Waals surface area contributed by atoms with Crippen molar-refractivity contribution >= 4 is 35.0 Å². The standard InChI is InChI=1S/C21H24N6O5/c1-11-4-3-7-26(10-11)21-24-18-17(20(30)25-21)14(9-16(28)23-18)19(29)22-15-8-13(27(31)32)6-5-12(15)2/h5-6,8,11,14H,3-4,7,9-10H2,1-2H3,(H,22,29)(H2,23,24,25,28,30)/t11-,14-/m0/s1. The first-order valence-electron chi connectivity index (χ1n) is 10.5. The number of benzene rings is 1. The third kappa shape index (κ3) is 4.18. The van der Waals surface area contributed by atoms with Gasteiger partial charge in [0.25, 0.3) is 11.2 Å². The Morgan fingerprint density at radius 3 is 2.84 bits per heavy atom. The summed E-state index contributed by atoms with van der Waals surface area (Å²) in [5.41, 5.74) is 0.289. The van der Waals surface area contributed by atoms with Crippen molar-refractivity contribution in [2.75, 3.05) is 28.6 Å². The van der Waals surface area contributed by atoms with Crippen LogP contribution in [0.3, 0.4) is 0 Å². The zero-order valence-corrected chi connectivity index (χ0v) is 17.8. The molecule has 2 aliphatic rings. The van der Waals surface area contributed by atoms with Gasteiger partial charge < -0.3 is 15.5 Å². The molecule has 3 heterocycles. The number of amides is 2. The highest BCUT2D eigenvalue weighted by atomic mass is 16.6. The van der Waals surface area contributed by atoms with E-state index in [0.717, 1.165) is 25.9 Å². The van der Waals surface area contributed by atoms with Crippen LogP contribution in [0.5, 0.6) is 0 Å². The van der Waals surface area contributed by atoms with Gasteiger partial charge in [-0.15, -0.1) is 0 Å². The summed E-state index contributed by atoms with van der Waals surface area (Å²) < 4.78 is 0. The van der Waals surface area contributed by atoms with Crippen molar-refractivity contribution in [2.24, 2.45) is 5.92 Å². The van der Waals surface area contributed by atoms with Crippen LogP contribution in [-0.4, -0.2) is 39.8 Å². The normalized spacial score (nSPS) is 20.3. The van der Waals surface area contributed by atoms with E-state index in [1.807, 2.05) is 4.90 Å². The van der Waals surface area contributed by atoms with E-state index in [0.29, 0.717) is 17.4 Å². The van der Waals surface area contributed by atoms with E-state index in [9.17, 15) is 24.5 Å². The number of fused-ring (bicyclic) bond motifs is 1. The number of anilines is 3. The molecule has 1 saturated heterocycles. The van der Waals surface area contributed by atoms with Crippen LogP contribution >= 0.6 is 0 Å². The number of H-pyrrole nitrogens is 1. The quantitative estimate of drug-likeness (QED) is 0.487. The Bertz CT molecular complexity index is 1160. The van der Waals surface area contributed by atoms with E-state index in [4.69, 9.17) is 0 Å². The predicted octanol–water partition coefficient (Wildman–Crippen LogP) is 2.29. The van der Waals surface area contributed by atoms with Crippen molar-refractivity contribution in [3.8, 4) is 0 Å². The summed E-state index contributed by atoms with van der Waals surface area (Å²) in [6.07, 6.45) is 1.85. The first kappa shape index (κ1) is 21.5. The van der Waals surface area contributed by atoms with Gasteiger partial charge in [0.1, 0.15) is 5.82 Å². The molecule has 2 aliphatic heterocycles. The first-order chi connectivity index (χ1) is 15.2. The second-order valence-corrected chi connectivity index (χ2v) is 8.40. The van der Waals surface area contributed by atoms with E-state index < -0.39 is 28.2 Å². The molecule has 4 rings (SSSR count). The van der Waals surface area contributed by atoms with E-state index in [-0.39, 0.29) is 29.2 Å². The zero-order chi connectivity index (χ0) is 23.0. The Kier molecular flexibility index (Phi) is 5.64. The molecule has 0 spiro atoms. The van der Waals surface area contributed by atoms with Crippen molar-refractivity contribution in [1.29, 1.82) is 0 Å². The number of piperidine rings is 1. The van der Waals surface area contributed by atoms with Gasteiger partial charge in [-0.05, 0) is 31.2 Å². The number of hydrogen-bond acceptors (Lipinski definition) is 7. The van der Waals surface area contributed by atoms with Gasteiger partial charge in [-0.2, -0.15) is 4.98 Å². The molecule has 2 aromatic rings. The molecule has 0 radical (unpaired) electrons. The van der Waals surface area contributed by atoms with Gasteiger partial charge in [-0.25, -0.2) is 0 Å². The first-order valence-corrected chi connectivity index (χ1v) is 10.5. The number of rotatable bonds is 4. The van der Waals surface area contributed by atoms with Gasteiger partial charge in [-0.1, -0.05) is 13.0 Å². The number of nitro groups is 1. The maximum Gasteiger partial charge on any atom is 0.271 e. The molecular formula is C21H24N6O5. The maximum atomic E-state index is 13.0. The number of non-ortho nitro benzene ring substituents is 1. The minimum Gasteiger partial charge on any atom is -0.342 e. The summed E-state index contributed by atoms with van der Waals surface area (Å²) in [4.78, 5) is 58.0. The van der Waals surface area contributed by atoms with Crippen LogP contribution in [0.1, 0.15) is 43.2 Å². The highest BCUT2D eigenvalue weighted by Gasteiger charge is 2.35. The summed E-state index contributed by atoms with van der Waals surface area (Å²) in [5, 5.41) is 16.3. The highest BCUT2D eigenvalue weighted by molar-refractivity contribution is 6.04. The lowest BCUT2D eigenvalue weighted by Crippen LogP contribution is -2.40. The molecule has 11 nitrogen and oxygen atoms in total. The summed E-state index contributed by atoms with van der Waals surface area (Å²) >= 11 is 0. The van der Waals surface area contributed by atoms with Crippen LogP contribution in [0.4, 0.5) is 23.1 Å². The lowest BCUT2D eigenvalue weighted by atomic mass is 9.92. The number of nitro benzene ring substituents is 1. The molecule has 168 valence electrons. The molecule has 0 saturated carbocycles. The van der Waals surface area contributed by atoms with Crippen molar-refractivity contribution in [1.82, 2.24) is 9.97 Å². The Labute approximate surface area is 183 Å². The smallest absolute Gasteiger partial charge is 0.271 e. The van der Waals surface area contributed by atoms with Crippen molar-refractivity contribution in [2.45, 2.75) is 39.0 Å². The number of aryl methyl sites for hydroxylation is 1. The van der Waals surface area contributed by atoms with E-state index in [1.54, 1.807) is 6.92 Å². The second kappa shape index (κ2) is 8.40. The molecule has 0 bridgehead atoms. The lowest BCUT2D eigenvalue weighted by molar-refractivity contribution is -0.384. The zero-order valence-electron chi connectivity index (χ0n) is 17.8. The van der Waals surface area contributed by atoms with Gasteiger partial charge in [-0.3, -0.25) is 29.5 Å². The Morgan fingerprint density at radius 1 is 1.34 bits per heavy atom. The molecule has 3 N–H and O–H groups in total. The summed E-state index contributed by atoms with van der Waals surface area (Å²) in [6, 6.07) is 4.11. The van der Waals surface area contributed by atoms with Gasteiger partial charge >= 0.3 is 0 Å². The molecule has 1 aromatic heterocycles. The Balaban J connectivity index is 1.65. The van der Waals surface area contributed by atoms with E-state index in [2.05, 4.69) is 27.5 Å². The molecule has 2 amide bonds. The number of carbonyl (C=O) groups excluding carboxylic acids is 2. The highest BCUT2D eigenvalue weighted by Crippen LogP contribution is 2.32. The molecule has 11 heteroatoms. The van der Waals surface area contributed by atoms with Crippen LogP contribution in [0.15, 0.2) is 23.0 Å². The fourth-order valence-electron chi connectivity index (χ4n) is 4.19. The van der Waals surface area contributed by atoms with Gasteiger partial charge in [0, 0.05) is 31.6 Å². The van der Waals surface area contributed by atoms with Gasteiger partial charge in [0.05, 0.1) is 22.1 Å². The lowest BCUT2D eigenvalue weighted by Gasteiger charge is -2.32. The summed E-state index contributed by atoms with van der Waals surface area (Å²) in [5.74, 6) is -1.19. The number of nitrogens with zero attached hydrogens (tertiary/aromatic N) is 3. The number of aromatic nitrogens is 2.